The molecule has 0 radical (unpaired) electrons. The van der Waals surface area contributed by atoms with E-state index in [1.807, 2.05) is 9.80 Å². The van der Waals surface area contributed by atoms with Crippen LogP contribution in [-0.2, 0) is 20.6 Å². The minimum Gasteiger partial charge on any atom is -0.366 e. The Balaban J connectivity index is 1.28. The number of pyridine rings is 1. The Morgan fingerprint density at radius 1 is 1.09 bits per heavy atom. The van der Waals surface area contributed by atoms with Gasteiger partial charge in [-0.1, -0.05) is 12.6 Å². The Bertz CT molecular complexity index is 1590. The van der Waals surface area contributed by atoms with Gasteiger partial charge in [-0.3, -0.25) is 29.1 Å². The molecule has 3 fully saturated rings. The Hall–Kier alpha value is -4.04. The number of aryl methyl sites for hydroxylation is 1. The van der Waals surface area contributed by atoms with Crippen molar-refractivity contribution in [2.24, 2.45) is 5.92 Å². The lowest BCUT2D eigenvalue weighted by atomic mass is 9.95. The first kappa shape index (κ1) is 32.9. The highest BCUT2D eigenvalue weighted by Gasteiger charge is 2.49. The Labute approximate surface area is 271 Å². The van der Waals surface area contributed by atoms with E-state index in [2.05, 4.69) is 28.3 Å². The van der Waals surface area contributed by atoms with Crippen molar-refractivity contribution in [2.45, 2.75) is 44.6 Å². The fourth-order valence-electron chi connectivity index (χ4n) is 7.67. The van der Waals surface area contributed by atoms with E-state index >= 15 is 4.39 Å². The quantitative estimate of drug-likeness (QED) is 0.361. The molecule has 3 amide bonds. The van der Waals surface area contributed by atoms with Gasteiger partial charge in [0.25, 0.3) is 0 Å². The molecule has 0 saturated carbocycles. The molecule has 4 aliphatic rings. The number of likely N-dealkylation sites (N-methyl/N-ethyl adjacent to an activating group) is 1. The monoisotopic (exact) mass is 657 g/mol. The van der Waals surface area contributed by atoms with Crippen LogP contribution in [0.5, 0.6) is 0 Å². The number of rotatable bonds is 5. The van der Waals surface area contributed by atoms with Gasteiger partial charge in [-0.2, -0.15) is 13.2 Å². The van der Waals surface area contributed by atoms with E-state index in [-0.39, 0.29) is 48.2 Å². The molecular weight excluding hydrogens is 618 g/mol. The van der Waals surface area contributed by atoms with Crippen molar-refractivity contribution >= 4 is 34.9 Å². The Kier molecular flexibility index (Phi) is 8.77. The maximum Gasteiger partial charge on any atom is 0.416 e. The maximum atomic E-state index is 15.6. The van der Waals surface area contributed by atoms with Gasteiger partial charge < -0.3 is 14.7 Å². The van der Waals surface area contributed by atoms with Crippen molar-refractivity contribution < 1.29 is 31.9 Å². The van der Waals surface area contributed by atoms with Crippen LogP contribution >= 0.6 is 0 Å². The number of para-hydroxylation sites is 1. The minimum atomic E-state index is -4.67. The summed E-state index contributed by atoms with van der Waals surface area (Å²) in [6, 6.07) is 5.38. The lowest BCUT2D eigenvalue weighted by Crippen LogP contribution is -2.66. The van der Waals surface area contributed by atoms with Crippen LogP contribution in [0.1, 0.15) is 24.6 Å². The predicted octanol–water partition coefficient (Wildman–Crippen LogP) is 3.16. The lowest BCUT2D eigenvalue weighted by Gasteiger charge is -2.50. The third-order valence-electron chi connectivity index (χ3n) is 9.89. The molecule has 14 heteroatoms. The highest BCUT2D eigenvalue weighted by Crippen LogP contribution is 2.41. The maximum absolute atomic E-state index is 15.6. The van der Waals surface area contributed by atoms with Gasteiger partial charge in [0.1, 0.15) is 17.7 Å². The highest BCUT2D eigenvalue weighted by molar-refractivity contribution is 6.10. The molecule has 252 valence electrons. The summed E-state index contributed by atoms with van der Waals surface area (Å²) < 4.78 is 56.8. The molecule has 0 unspecified atom stereocenters. The summed E-state index contributed by atoms with van der Waals surface area (Å²) in [5.74, 6) is -2.50. The Morgan fingerprint density at radius 2 is 1.85 bits per heavy atom. The number of halogens is 4. The van der Waals surface area contributed by atoms with Crippen LogP contribution in [0.3, 0.4) is 0 Å². The van der Waals surface area contributed by atoms with Crippen LogP contribution in [0, 0.1) is 18.7 Å². The molecule has 2 aromatic rings. The molecule has 5 heterocycles. The first-order chi connectivity index (χ1) is 22.3. The van der Waals surface area contributed by atoms with E-state index in [1.165, 1.54) is 37.1 Å². The van der Waals surface area contributed by atoms with Gasteiger partial charge in [0.2, 0.25) is 17.7 Å². The van der Waals surface area contributed by atoms with Crippen molar-refractivity contribution in [3.63, 3.8) is 0 Å². The van der Waals surface area contributed by atoms with Crippen LogP contribution < -0.4 is 14.7 Å². The number of hydrogen-bond acceptors (Lipinski definition) is 7. The van der Waals surface area contributed by atoms with Gasteiger partial charge in [-0.05, 0) is 44.2 Å². The van der Waals surface area contributed by atoms with E-state index in [0.717, 1.165) is 30.1 Å². The van der Waals surface area contributed by atoms with E-state index in [1.54, 1.807) is 6.07 Å². The number of anilines is 3. The van der Waals surface area contributed by atoms with Gasteiger partial charge in [0.15, 0.2) is 0 Å². The number of carbonyl (C=O) groups excluding carboxylic acids is 3. The number of fused-ring (bicyclic) bond motifs is 3. The minimum absolute atomic E-state index is 0.0659. The zero-order valence-corrected chi connectivity index (χ0v) is 26.7. The number of piperazine rings is 2. The van der Waals surface area contributed by atoms with Crippen LogP contribution in [0.15, 0.2) is 43.0 Å². The van der Waals surface area contributed by atoms with Crippen LogP contribution in [0.4, 0.5) is 34.8 Å². The summed E-state index contributed by atoms with van der Waals surface area (Å²) in [5.41, 5.74) is -0.337. The number of alkyl halides is 3. The molecule has 0 bridgehead atoms. The number of aromatic nitrogens is 1. The van der Waals surface area contributed by atoms with Crippen LogP contribution in [-0.4, -0.2) is 115 Å². The summed E-state index contributed by atoms with van der Waals surface area (Å²) in [6.07, 6.45) is -3.43. The molecule has 1 aromatic carbocycles. The van der Waals surface area contributed by atoms with Gasteiger partial charge in [-0.25, -0.2) is 9.37 Å². The average Bonchev–Trinajstić information content (AvgIpc) is 3.35. The van der Waals surface area contributed by atoms with E-state index < -0.39 is 41.3 Å². The molecule has 3 saturated heterocycles. The first-order valence-electron chi connectivity index (χ1n) is 15.8. The molecule has 0 N–H and O–H groups in total. The standard InChI is InChI=1S/C33H39F4N7O3/c1-5-28(45)42-16-21(3)43-12-10-40(18-24(43)19-42)9-11-41-17-22-14-29(46)44(27-15-23(33(35,36)37)13-20(2)38-27)30(22)32(47)39(4)26-8-6-7-25(34)31(26)41/h5-8,13,15,21-22,24,30H,1,9-12,14,16-19H2,2-4H3/t21-,22+,24-,30-/m0/s1. The fraction of sp³-hybridized carbons (Fsp3) is 0.515. The van der Waals surface area contributed by atoms with E-state index in [0.29, 0.717) is 38.4 Å². The van der Waals surface area contributed by atoms with Crippen molar-refractivity contribution in [1.29, 1.82) is 0 Å². The zero-order valence-electron chi connectivity index (χ0n) is 26.7. The number of carbonyl (C=O) groups is 3. The summed E-state index contributed by atoms with van der Waals surface area (Å²) in [6.45, 7) is 11.8. The molecule has 6 rings (SSSR count). The van der Waals surface area contributed by atoms with Crippen molar-refractivity contribution in [1.82, 2.24) is 19.7 Å². The summed E-state index contributed by atoms with van der Waals surface area (Å²) >= 11 is 0. The third-order valence-corrected chi connectivity index (χ3v) is 9.89. The second-order valence-corrected chi connectivity index (χ2v) is 13.0. The lowest BCUT2D eigenvalue weighted by molar-refractivity contribution is -0.137. The molecule has 10 nitrogen and oxygen atoms in total. The SMILES string of the molecule is C=CC(=O)N1C[C@@H]2CN(CCN3C[C@H]4CC(=O)N(c5cc(C(F)(F)F)cc(C)n5)[C@@H]4C(=O)N(C)c4cccc(F)c43)CCN2[C@@H](C)C1. The molecule has 0 spiro atoms. The predicted molar refractivity (Wildman–Crippen MR) is 169 cm³/mol. The van der Waals surface area contributed by atoms with Crippen molar-refractivity contribution in [2.75, 3.05) is 74.1 Å². The third kappa shape index (κ3) is 6.20. The Morgan fingerprint density at radius 3 is 2.57 bits per heavy atom. The van der Waals surface area contributed by atoms with Crippen LogP contribution in [0.25, 0.3) is 0 Å². The molecule has 47 heavy (non-hydrogen) atoms. The summed E-state index contributed by atoms with van der Waals surface area (Å²) in [7, 11) is 1.49. The zero-order chi connectivity index (χ0) is 33.8. The van der Waals surface area contributed by atoms with E-state index in [9.17, 15) is 27.6 Å². The van der Waals surface area contributed by atoms with Crippen LogP contribution in [0.2, 0.25) is 0 Å². The molecule has 4 atom stereocenters. The van der Waals surface area contributed by atoms with E-state index in [4.69, 9.17) is 0 Å². The second kappa shape index (κ2) is 12.5. The summed E-state index contributed by atoms with van der Waals surface area (Å²) in [5, 5.41) is 0. The molecule has 4 aliphatic heterocycles. The number of nitrogens with zero attached hydrogens (tertiary/aromatic N) is 7. The largest absolute Gasteiger partial charge is 0.416 e. The van der Waals surface area contributed by atoms with Crippen molar-refractivity contribution in [3.8, 4) is 0 Å². The topological polar surface area (TPSA) is 83.5 Å². The molecule has 1 aromatic heterocycles. The normalized spacial score (nSPS) is 25.7. The van der Waals surface area contributed by atoms with Gasteiger partial charge >= 0.3 is 6.18 Å². The highest BCUT2D eigenvalue weighted by atomic mass is 19.4. The number of hydrogen-bond donors (Lipinski definition) is 0. The fourth-order valence-corrected chi connectivity index (χ4v) is 7.67. The summed E-state index contributed by atoms with van der Waals surface area (Å²) in [4.78, 5) is 54.9. The number of benzene rings is 1. The second-order valence-electron chi connectivity index (χ2n) is 13.0. The van der Waals surface area contributed by atoms with Gasteiger partial charge in [0.05, 0.1) is 16.9 Å². The average molecular weight is 658 g/mol. The van der Waals surface area contributed by atoms with Gasteiger partial charge in [-0.15, -0.1) is 0 Å². The number of amides is 3. The van der Waals surface area contributed by atoms with Crippen molar-refractivity contribution in [3.05, 3.63) is 60.1 Å². The molecule has 0 aliphatic carbocycles. The smallest absolute Gasteiger partial charge is 0.366 e. The first-order valence-corrected chi connectivity index (χ1v) is 15.8. The molecular formula is C33H39F4N7O3. The van der Waals surface area contributed by atoms with Gasteiger partial charge in [0, 0.05) is 89.5 Å².